The Morgan fingerprint density at radius 2 is 1.79 bits per heavy atom. The molecule has 1 unspecified atom stereocenters. The third kappa shape index (κ3) is 8.14. The molecule has 1 aromatic rings. The number of halogens is 3. The highest BCUT2D eigenvalue weighted by atomic mass is 19.4. The first-order valence-corrected chi connectivity index (χ1v) is 9.01. The lowest BCUT2D eigenvalue weighted by molar-refractivity contribution is -0.141. The number of hydrogen-bond acceptors (Lipinski definition) is 4. The van der Waals surface area contributed by atoms with E-state index >= 15 is 0 Å². The summed E-state index contributed by atoms with van der Waals surface area (Å²) in [5, 5.41) is 5.36. The molecular weight excluding hydrogens is 375 g/mol. The number of rotatable bonds is 6. The van der Waals surface area contributed by atoms with Crippen molar-refractivity contribution >= 4 is 12.0 Å². The van der Waals surface area contributed by atoms with E-state index in [9.17, 15) is 22.8 Å². The quantitative estimate of drug-likeness (QED) is 0.750. The standard InChI is InChI=1S/C19H28F3N3O3/c1-11(2)9-13(10-23-17(27)28-18(4,5)6)25-16(26)14-7-8-15(19(20,21)22)24-12(14)3/h7-8,11,13H,9-10H2,1-6H3,(H,23,27)(H,25,26). The van der Waals surface area contributed by atoms with Crippen LogP contribution in [0.2, 0.25) is 0 Å². The predicted molar refractivity (Wildman–Crippen MR) is 98.9 cm³/mol. The van der Waals surface area contributed by atoms with Crippen LogP contribution in [0.15, 0.2) is 12.1 Å². The normalized spacial score (nSPS) is 13.2. The lowest BCUT2D eigenvalue weighted by Crippen LogP contribution is -2.45. The summed E-state index contributed by atoms with van der Waals surface area (Å²) in [5.41, 5.74) is -1.66. The van der Waals surface area contributed by atoms with Crippen LogP contribution in [0.5, 0.6) is 0 Å². The van der Waals surface area contributed by atoms with E-state index in [1.54, 1.807) is 20.8 Å². The molecule has 2 N–H and O–H groups in total. The molecule has 0 saturated heterocycles. The molecule has 0 spiro atoms. The molecule has 2 amide bonds. The summed E-state index contributed by atoms with van der Waals surface area (Å²) in [6, 6.07) is 1.47. The number of alkyl carbamates (subject to hydrolysis) is 1. The number of aryl methyl sites for hydroxylation is 1. The van der Waals surface area contributed by atoms with E-state index in [-0.39, 0.29) is 23.7 Å². The van der Waals surface area contributed by atoms with Gasteiger partial charge >= 0.3 is 12.3 Å². The highest BCUT2D eigenvalue weighted by Gasteiger charge is 2.33. The Morgan fingerprint density at radius 1 is 1.18 bits per heavy atom. The van der Waals surface area contributed by atoms with Gasteiger partial charge in [-0.1, -0.05) is 13.8 Å². The van der Waals surface area contributed by atoms with Gasteiger partial charge in [-0.05, 0) is 52.2 Å². The van der Waals surface area contributed by atoms with E-state index in [1.807, 2.05) is 13.8 Å². The van der Waals surface area contributed by atoms with E-state index < -0.39 is 35.5 Å². The molecule has 0 fully saturated rings. The maximum absolute atomic E-state index is 12.7. The second-order valence-corrected chi connectivity index (χ2v) is 8.01. The summed E-state index contributed by atoms with van der Waals surface area (Å²) in [6.45, 7) is 10.6. The van der Waals surface area contributed by atoms with Gasteiger partial charge in [-0.3, -0.25) is 4.79 Å². The van der Waals surface area contributed by atoms with Gasteiger partial charge in [0.15, 0.2) is 0 Å². The number of pyridine rings is 1. The fraction of sp³-hybridized carbons (Fsp3) is 0.632. The summed E-state index contributed by atoms with van der Waals surface area (Å²) < 4.78 is 43.4. The number of hydrogen-bond donors (Lipinski definition) is 2. The van der Waals surface area contributed by atoms with Gasteiger partial charge in [-0.25, -0.2) is 9.78 Å². The van der Waals surface area contributed by atoms with Crippen LogP contribution in [0.25, 0.3) is 0 Å². The first-order valence-electron chi connectivity index (χ1n) is 9.01. The fourth-order valence-corrected chi connectivity index (χ4v) is 2.51. The third-order valence-electron chi connectivity index (χ3n) is 3.60. The molecule has 1 atom stereocenters. The number of ether oxygens (including phenoxy) is 1. The van der Waals surface area contributed by atoms with Gasteiger partial charge in [0.2, 0.25) is 0 Å². The molecular formula is C19H28F3N3O3. The molecule has 1 rings (SSSR count). The minimum Gasteiger partial charge on any atom is -0.444 e. The van der Waals surface area contributed by atoms with Crippen molar-refractivity contribution in [2.24, 2.45) is 5.92 Å². The molecule has 1 aromatic heterocycles. The van der Waals surface area contributed by atoms with E-state index in [1.165, 1.54) is 6.92 Å². The molecule has 0 bridgehead atoms. The second kappa shape index (κ2) is 9.25. The number of nitrogens with one attached hydrogen (secondary N) is 2. The average molecular weight is 403 g/mol. The maximum atomic E-state index is 12.7. The van der Waals surface area contributed by atoms with Gasteiger partial charge < -0.3 is 15.4 Å². The van der Waals surface area contributed by atoms with Crippen LogP contribution in [-0.2, 0) is 10.9 Å². The Hall–Kier alpha value is -2.32. The van der Waals surface area contributed by atoms with Crippen molar-refractivity contribution in [3.05, 3.63) is 29.1 Å². The number of carbonyl (C=O) groups is 2. The van der Waals surface area contributed by atoms with E-state index in [0.29, 0.717) is 6.42 Å². The summed E-state index contributed by atoms with van der Waals surface area (Å²) in [4.78, 5) is 27.8. The molecule has 0 aliphatic carbocycles. The molecule has 0 radical (unpaired) electrons. The Morgan fingerprint density at radius 3 is 2.25 bits per heavy atom. The smallest absolute Gasteiger partial charge is 0.433 e. The zero-order valence-corrected chi connectivity index (χ0v) is 17.0. The van der Waals surface area contributed by atoms with Crippen molar-refractivity contribution < 1.29 is 27.5 Å². The summed E-state index contributed by atoms with van der Waals surface area (Å²) in [7, 11) is 0. The number of nitrogens with zero attached hydrogens (tertiary/aromatic N) is 1. The van der Waals surface area contributed by atoms with Crippen molar-refractivity contribution in [3.8, 4) is 0 Å². The van der Waals surface area contributed by atoms with Crippen molar-refractivity contribution in [2.45, 2.75) is 65.8 Å². The van der Waals surface area contributed by atoms with Crippen molar-refractivity contribution in [2.75, 3.05) is 6.54 Å². The van der Waals surface area contributed by atoms with Gasteiger partial charge in [0, 0.05) is 12.6 Å². The van der Waals surface area contributed by atoms with Crippen LogP contribution in [0.4, 0.5) is 18.0 Å². The van der Waals surface area contributed by atoms with Crippen LogP contribution in [0.1, 0.15) is 62.8 Å². The zero-order valence-electron chi connectivity index (χ0n) is 17.0. The average Bonchev–Trinajstić information content (AvgIpc) is 2.49. The molecule has 0 aliphatic rings. The molecule has 158 valence electrons. The number of aromatic nitrogens is 1. The molecule has 0 aromatic carbocycles. The van der Waals surface area contributed by atoms with Gasteiger partial charge in [-0.2, -0.15) is 13.2 Å². The Kier molecular flexibility index (Phi) is 7.84. The second-order valence-electron chi connectivity index (χ2n) is 8.01. The van der Waals surface area contributed by atoms with Crippen LogP contribution in [0.3, 0.4) is 0 Å². The van der Waals surface area contributed by atoms with Crippen molar-refractivity contribution in [1.82, 2.24) is 15.6 Å². The largest absolute Gasteiger partial charge is 0.444 e. The van der Waals surface area contributed by atoms with E-state index in [0.717, 1.165) is 12.1 Å². The lowest BCUT2D eigenvalue weighted by atomic mass is 10.0. The van der Waals surface area contributed by atoms with Gasteiger partial charge in [0.1, 0.15) is 11.3 Å². The molecule has 0 saturated carbocycles. The van der Waals surface area contributed by atoms with Gasteiger partial charge in [0.25, 0.3) is 5.91 Å². The molecule has 1 heterocycles. The van der Waals surface area contributed by atoms with Crippen LogP contribution in [-0.4, -0.2) is 35.2 Å². The van der Waals surface area contributed by atoms with Crippen LogP contribution < -0.4 is 10.6 Å². The van der Waals surface area contributed by atoms with E-state index in [2.05, 4.69) is 15.6 Å². The number of carbonyl (C=O) groups excluding carboxylic acids is 2. The fourth-order valence-electron chi connectivity index (χ4n) is 2.51. The number of alkyl halides is 3. The monoisotopic (exact) mass is 403 g/mol. The predicted octanol–water partition coefficient (Wildman–Crippen LogP) is 4.08. The zero-order chi connectivity index (χ0) is 21.7. The first-order chi connectivity index (χ1) is 12.7. The Labute approximate surface area is 163 Å². The van der Waals surface area contributed by atoms with Crippen LogP contribution >= 0.6 is 0 Å². The molecule has 9 heteroatoms. The van der Waals surface area contributed by atoms with Crippen molar-refractivity contribution in [3.63, 3.8) is 0 Å². The molecule has 0 aliphatic heterocycles. The maximum Gasteiger partial charge on any atom is 0.433 e. The Balaban J connectivity index is 2.83. The third-order valence-corrected chi connectivity index (χ3v) is 3.60. The summed E-state index contributed by atoms with van der Waals surface area (Å²) in [5.74, 6) is -0.326. The summed E-state index contributed by atoms with van der Waals surface area (Å²) >= 11 is 0. The minimum atomic E-state index is -4.57. The lowest BCUT2D eigenvalue weighted by Gasteiger charge is -2.24. The highest BCUT2D eigenvalue weighted by molar-refractivity contribution is 5.95. The molecule has 6 nitrogen and oxygen atoms in total. The minimum absolute atomic E-state index is 0.0178. The topological polar surface area (TPSA) is 80.3 Å². The van der Waals surface area contributed by atoms with Crippen molar-refractivity contribution in [1.29, 1.82) is 0 Å². The van der Waals surface area contributed by atoms with Crippen LogP contribution in [0, 0.1) is 12.8 Å². The number of amides is 2. The Bertz CT molecular complexity index is 698. The van der Waals surface area contributed by atoms with E-state index in [4.69, 9.17) is 4.74 Å². The molecule has 28 heavy (non-hydrogen) atoms. The first kappa shape index (κ1) is 23.7. The SMILES string of the molecule is Cc1nc(C(F)(F)F)ccc1C(=O)NC(CNC(=O)OC(C)(C)C)CC(C)C. The highest BCUT2D eigenvalue weighted by Crippen LogP contribution is 2.28. The van der Waals surface area contributed by atoms with Gasteiger partial charge in [0.05, 0.1) is 11.3 Å². The van der Waals surface area contributed by atoms with Gasteiger partial charge in [-0.15, -0.1) is 0 Å². The summed E-state index contributed by atoms with van der Waals surface area (Å²) in [6.07, 6.45) is -4.62.